The lowest BCUT2D eigenvalue weighted by Gasteiger charge is -2.33. The minimum atomic E-state index is -4.04. The Hall–Kier alpha value is -2.98. The molecule has 0 spiro atoms. The highest BCUT2D eigenvalue weighted by Gasteiger charge is 2.30. The zero-order valence-electron chi connectivity index (χ0n) is 19.2. The first-order valence-corrected chi connectivity index (χ1v) is 13.2. The number of nitrogens with two attached hydrogens (primary N) is 1. The van der Waals surface area contributed by atoms with Crippen LogP contribution in [-0.2, 0) is 27.7 Å². The summed E-state index contributed by atoms with van der Waals surface area (Å²) >= 11 is 0. The second-order valence-corrected chi connectivity index (χ2v) is 10.7. The molecule has 182 valence electrons. The van der Waals surface area contributed by atoms with Gasteiger partial charge < -0.3 is 10.2 Å². The van der Waals surface area contributed by atoms with E-state index in [4.69, 9.17) is 5.14 Å². The maximum atomic E-state index is 12.9. The number of aryl methyl sites for hydroxylation is 2. The van der Waals surface area contributed by atoms with E-state index in [1.165, 1.54) is 36.1 Å². The van der Waals surface area contributed by atoms with Crippen molar-refractivity contribution < 1.29 is 18.1 Å². The smallest absolute Gasteiger partial charge is 0.293 e. The van der Waals surface area contributed by atoms with Gasteiger partial charge in [-0.25, -0.2) is 13.6 Å². The molecule has 1 saturated heterocycles. The van der Waals surface area contributed by atoms with E-state index in [0.717, 1.165) is 24.5 Å². The lowest BCUT2D eigenvalue weighted by Crippen LogP contribution is -2.41. The van der Waals surface area contributed by atoms with Gasteiger partial charge in [0.05, 0.1) is 15.9 Å². The third-order valence-electron chi connectivity index (χ3n) is 6.91. The molecule has 0 bridgehead atoms. The topological polar surface area (TPSA) is 136 Å². The van der Waals surface area contributed by atoms with Gasteiger partial charge in [0, 0.05) is 25.1 Å². The number of carbonyl (C=O) groups excluding carboxylic acids is 1. The van der Waals surface area contributed by atoms with Gasteiger partial charge in [-0.05, 0) is 74.3 Å². The van der Waals surface area contributed by atoms with Crippen LogP contribution in [-0.4, -0.2) is 32.3 Å². The Morgan fingerprint density at radius 1 is 1.12 bits per heavy atom. The molecule has 1 atom stereocenters. The summed E-state index contributed by atoms with van der Waals surface area (Å²) in [7, 11) is -4.04. The van der Waals surface area contributed by atoms with Gasteiger partial charge in [0.25, 0.3) is 5.69 Å². The number of piperidine rings is 1. The highest BCUT2D eigenvalue weighted by molar-refractivity contribution is 7.89. The van der Waals surface area contributed by atoms with E-state index in [9.17, 15) is 23.3 Å². The van der Waals surface area contributed by atoms with Gasteiger partial charge in [-0.2, -0.15) is 0 Å². The van der Waals surface area contributed by atoms with Crippen LogP contribution in [0.4, 0.5) is 11.4 Å². The number of hydrogen-bond donors (Lipinski definition) is 2. The molecule has 1 amide bonds. The Labute approximate surface area is 199 Å². The van der Waals surface area contributed by atoms with E-state index in [-0.39, 0.29) is 28.4 Å². The number of benzene rings is 2. The van der Waals surface area contributed by atoms with Crippen LogP contribution >= 0.6 is 0 Å². The highest BCUT2D eigenvalue weighted by atomic mass is 32.2. The summed E-state index contributed by atoms with van der Waals surface area (Å²) < 4.78 is 23.1. The third-order valence-corrected chi connectivity index (χ3v) is 7.82. The van der Waals surface area contributed by atoms with Crippen molar-refractivity contribution in [3.05, 3.63) is 63.2 Å². The molecule has 1 aliphatic carbocycles. The molecule has 1 aliphatic heterocycles. The number of sulfonamides is 1. The molecule has 34 heavy (non-hydrogen) atoms. The van der Waals surface area contributed by atoms with Gasteiger partial charge in [-0.3, -0.25) is 14.9 Å². The van der Waals surface area contributed by atoms with Crippen molar-refractivity contribution in [1.29, 1.82) is 0 Å². The minimum absolute atomic E-state index is 0.0102. The van der Waals surface area contributed by atoms with Gasteiger partial charge in [0.15, 0.2) is 0 Å². The summed E-state index contributed by atoms with van der Waals surface area (Å²) in [6, 6.07) is 10.1. The van der Waals surface area contributed by atoms with E-state index < -0.39 is 14.9 Å². The largest absolute Gasteiger partial charge is 0.366 e. The average Bonchev–Trinajstić information content (AvgIpc) is 2.82. The average molecular weight is 487 g/mol. The molecular formula is C24H30N4O5S. The number of nitro groups is 1. The van der Waals surface area contributed by atoms with Crippen LogP contribution in [0.3, 0.4) is 0 Å². The van der Waals surface area contributed by atoms with Crippen molar-refractivity contribution in [2.75, 3.05) is 18.0 Å². The number of fused-ring (bicyclic) bond motifs is 1. The Morgan fingerprint density at radius 3 is 2.44 bits per heavy atom. The van der Waals surface area contributed by atoms with Crippen molar-refractivity contribution in [1.82, 2.24) is 5.32 Å². The second-order valence-electron chi connectivity index (χ2n) is 9.18. The molecule has 2 aromatic carbocycles. The van der Waals surface area contributed by atoms with Crippen molar-refractivity contribution in [2.45, 2.75) is 56.4 Å². The van der Waals surface area contributed by atoms with Gasteiger partial charge in [-0.1, -0.05) is 18.2 Å². The van der Waals surface area contributed by atoms with E-state index in [0.29, 0.717) is 31.6 Å². The standard InChI is InChI=1S/C24H30N4O5S/c1-16(19-7-6-17-4-2-3-5-20(17)14-19)26-24(29)18-10-12-27(13-11-18)22-9-8-21(34(25,32)33)15-23(22)28(30)31/h6-9,14-16,18H,2-5,10-13H2,1H3,(H,26,29)(H2,25,32,33)/t16-/m0/s1. The number of rotatable bonds is 6. The summed E-state index contributed by atoms with van der Waals surface area (Å²) in [5.41, 5.74) is 3.92. The quantitative estimate of drug-likeness (QED) is 0.475. The molecule has 0 radical (unpaired) electrons. The molecule has 2 aliphatic rings. The molecule has 0 saturated carbocycles. The number of nitro benzene ring substituents is 1. The SMILES string of the molecule is C[C@H](NC(=O)C1CCN(c2ccc(S(N)(=O)=O)cc2[N+](=O)[O-])CC1)c1ccc2c(c1)CCCC2. The number of amides is 1. The number of carbonyl (C=O) groups is 1. The summed E-state index contributed by atoms with van der Waals surface area (Å²) in [5.74, 6) is -0.192. The number of nitrogens with one attached hydrogen (secondary N) is 1. The number of hydrogen-bond acceptors (Lipinski definition) is 6. The van der Waals surface area contributed by atoms with Crippen molar-refractivity contribution >= 4 is 27.3 Å². The number of nitrogens with zero attached hydrogens (tertiary/aromatic N) is 2. The third kappa shape index (κ3) is 5.23. The first-order valence-electron chi connectivity index (χ1n) is 11.6. The van der Waals surface area contributed by atoms with E-state index in [1.807, 2.05) is 11.8 Å². The van der Waals surface area contributed by atoms with Crippen molar-refractivity contribution in [2.24, 2.45) is 11.1 Å². The molecule has 10 heteroatoms. The lowest BCUT2D eigenvalue weighted by atomic mass is 9.89. The fraction of sp³-hybridized carbons (Fsp3) is 0.458. The predicted octanol–water partition coefficient (Wildman–Crippen LogP) is 3.21. The Balaban J connectivity index is 1.39. The van der Waals surface area contributed by atoms with Crippen LogP contribution in [0.5, 0.6) is 0 Å². The summed E-state index contributed by atoms with van der Waals surface area (Å²) in [6.45, 7) is 2.91. The molecule has 2 aromatic rings. The zero-order chi connectivity index (χ0) is 24.5. The zero-order valence-corrected chi connectivity index (χ0v) is 20.0. The monoisotopic (exact) mass is 486 g/mol. The molecule has 3 N–H and O–H groups in total. The van der Waals surface area contributed by atoms with Gasteiger partial charge in [-0.15, -0.1) is 0 Å². The van der Waals surface area contributed by atoms with Crippen LogP contribution in [0, 0.1) is 16.0 Å². The molecule has 9 nitrogen and oxygen atoms in total. The van der Waals surface area contributed by atoms with Crippen molar-refractivity contribution in [3.63, 3.8) is 0 Å². The summed E-state index contributed by atoms with van der Waals surface area (Å²) in [5, 5.41) is 19.8. The van der Waals surface area contributed by atoms with Crippen molar-refractivity contribution in [3.8, 4) is 0 Å². The van der Waals surface area contributed by atoms with Crippen LogP contribution in [0.25, 0.3) is 0 Å². The van der Waals surface area contributed by atoms with Gasteiger partial charge >= 0.3 is 0 Å². The molecule has 1 heterocycles. The predicted molar refractivity (Wildman–Crippen MR) is 129 cm³/mol. The normalized spacial score (nSPS) is 17.6. The Bertz CT molecular complexity index is 1210. The Morgan fingerprint density at radius 2 is 1.79 bits per heavy atom. The highest BCUT2D eigenvalue weighted by Crippen LogP contribution is 2.33. The first-order chi connectivity index (χ1) is 16.1. The van der Waals surface area contributed by atoms with Crippen LogP contribution in [0.1, 0.15) is 55.3 Å². The number of primary sulfonamides is 1. The fourth-order valence-electron chi connectivity index (χ4n) is 4.91. The maximum absolute atomic E-state index is 12.9. The van der Waals surface area contributed by atoms with Crippen LogP contribution in [0.15, 0.2) is 41.3 Å². The maximum Gasteiger partial charge on any atom is 0.293 e. The molecule has 0 aromatic heterocycles. The molecular weight excluding hydrogens is 456 g/mol. The van der Waals surface area contributed by atoms with E-state index in [1.54, 1.807) is 0 Å². The molecule has 4 rings (SSSR count). The lowest BCUT2D eigenvalue weighted by molar-refractivity contribution is -0.384. The Kier molecular flexibility index (Phi) is 6.90. The first kappa shape index (κ1) is 24.2. The van der Waals surface area contributed by atoms with Gasteiger partial charge in [0.1, 0.15) is 5.69 Å². The minimum Gasteiger partial charge on any atom is -0.366 e. The van der Waals surface area contributed by atoms with Crippen LogP contribution in [0.2, 0.25) is 0 Å². The molecule has 0 unspecified atom stereocenters. The van der Waals surface area contributed by atoms with E-state index in [2.05, 4.69) is 23.5 Å². The van der Waals surface area contributed by atoms with Gasteiger partial charge in [0.2, 0.25) is 15.9 Å². The summed E-state index contributed by atoms with van der Waals surface area (Å²) in [6.07, 6.45) is 5.76. The number of anilines is 1. The second kappa shape index (κ2) is 9.71. The van der Waals surface area contributed by atoms with E-state index >= 15 is 0 Å². The van der Waals surface area contributed by atoms with Crippen LogP contribution < -0.4 is 15.4 Å². The summed E-state index contributed by atoms with van der Waals surface area (Å²) in [4.78, 5) is 25.4. The fourth-order valence-corrected chi connectivity index (χ4v) is 5.45. The molecule has 1 fully saturated rings.